The zero-order valence-corrected chi connectivity index (χ0v) is 10.2. The molecule has 2 rings (SSSR count). The highest BCUT2D eigenvalue weighted by atomic mass is 32.2. The molecule has 1 fully saturated rings. The van der Waals surface area contributed by atoms with E-state index in [0.717, 1.165) is 18.7 Å². The van der Waals surface area contributed by atoms with Crippen molar-refractivity contribution >= 4 is 10.8 Å². The first-order chi connectivity index (χ1) is 8.17. The van der Waals surface area contributed by atoms with Crippen molar-refractivity contribution in [1.29, 1.82) is 5.26 Å². The van der Waals surface area contributed by atoms with Crippen molar-refractivity contribution < 1.29 is 8.60 Å². The molecule has 0 saturated carbocycles. The lowest BCUT2D eigenvalue weighted by molar-refractivity contribution is 0.291. The van der Waals surface area contributed by atoms with Crippen molar-refractivity contribution in [2.75, 3.05) is 24.6 Å². The van der Waals surface area contributed by atoms with Crippen molar-refractivity contribution in [2.45, 2.75) is 6.54 Å². The molecule has 0 N–H and O–H groups in total. The summed E-state index contributed by atoms with van der Waals surface area (Å²) in [5.74, 6) is 0.987. The fourth-order valence-electron chi connectivity index (χ4n) is 1.90. The van der Waals surface area contributed by atoms with Crippen LogP contribution < -0.4 is 0 Å². The Hall–Kier alpha value is -1.25. The number of rotatable bonds is 2. The monoisotopic (exact) mass is 252 g/mol. The van der Waals surface area contributed by atoms with Gasteiger partial charge in [-0.1, -0.05) is 0 Å². The van der Waals surface area contributed by atoms with E-state index in [4.69, 9.17) is 5.26 Å². The molecule has 0 atom stereocenters. The fraction of sp³-hybridized carbons (Fsp3) is 0.417. The highest BCUT2D eigenvalue weighted by molar-refractivity contribution is 7.85. The van der Waals surface area contributed by atoms with E-state index in [1.54, 1.807) is 6.07 Å². The van der Waals surface area contributed by atoms with Gasteiger partial charge in [0.05, 0.1) is 11.6 Å². The molecule has 5 heteroatoms. The van der Waals surface area contributed by atoms with Crippen LogP contribution in [0.2, 0.25) is 0 Å². The quantitative estimate of drug-likeness (QED) is 0.796. The zero-order chi connectivity index (χ0) is 12.3. The molecule has 0 aromatic heterocycles. The van der Waals surface area contributed by atoms with Crippen LogP contribution in [0, 0.1) is 17.1 Å². The Bertz CT molecular complexity index is 474. The lowest BCUT2D eigenvalue weighted by Crippen LogP contribution is -2.37. The number of hydrogen-bond acceptors (Lipinski definition) is 3. The summed E-state index contributed by atoms with van der Waals surface area (Å²) < 4.78 is 24.4. The maximum Gasteiger partial charge on any atom is 0.124 e. The third-order valence-electron chi connectivity index (χ3n) is 2.76. The lowest BCUT2D eigenvalue weighted by Gasteiger charge is -2.26. The molecule has 1 aliphatic rings. The Morgan fingerprint density at radius 3 is 2.71 bits per heavy atom. The van der Waals surface area contributed by atoms with Gasteiger partial charge in [-0.05, 0) is 23.8 Å². The van der Waals surface area contributed by atoms with E-state index >= 15 is 0 Å². The van der Waals surface area contributed by atoms with Crippen LogP contribution in [0.5, 0.6) is 0 Å². The van der Waals surface area contributed by atoms with Gasteiger partial charge in [-0.3, -0.25) is 9.11 Å². The van der Waals surface area contributed by atoms with Crippen molar-refractivity contribution in [2.24, 2.45) is 0 Å². The van der Waals surface area contributed by atoms with Crippen LogP contribution in [0.4, 0.5) is 4.39 Å². The first-order valence-electron chi connectivity index (χ1n) is 5.44. The molecule has 90 valence electrons. The number of benzene rings is 1. The minimum Gasteiger partial charge on any atom is -0.297 e. The van der Waals surface area contributed by atoms with Gasteiger partial charge in [0.15, 0.2) is 0 Å². The van der Waals surface area contributed by atoms with Gasteiger partial charge in [0, 0.05) is 41.9 Å². The van der Waals surface area contributed by atoms with Gasteiger partial charge in [0.1, 0.15) is 5.82 Å². The summed E-state index contributed by atoms with van der Waals surface area (Å²) in [7, 11) is -0.697. The first-order valence-corrected chi connectivity index (χ1v) is 6.93. The van der Waals surface area contributed by atoms with E-state index in [9.17, 15) is 8.60 Å². The van der Waals surface area contributed by atoms with Crippen molar-refractivity contribution in [3.8, 4) is 6.07 Å². The summed E-state index contributed by atoms with van der Waals surface area (Å²) >= 11 is 0. The summed E-state index contributed by atoms with van der Waals surface area (Å²) in [6, 6.07) is 6.33. The second kappa shape index (κ2) is 5.39. The predicted octanol–water partition coefficient (Wildman–Crippen LogP) is 1.26. The maximum absolute atomic E-state index is 13.2. The van der Waals surface area contributed by atoms with Gasteiger partial charge in [0.25, 0.3) is 0 Å². The molecule has 0 bridgehead atoms. The molecule has 1 aromatic rings. The van der Waals surface area contributed by atoms with Gasteiger partial charge in [-0.15, -0.1) is 0 Å². The molecule has 0 spiro atoms. The normalized spacial score (nSPS) is 17.9. The second-order valence-corrected chi connectivity index (χ2v) is 5.78. The maximum atomic E-state index is 13.2. The average molecular weight is 252 g/mol. The number of halogens is 1. The Labute approximate surface area is 102 Å². The molecule has 0 aliphatic carbocycles. The van der Waals surface area contributed by atoms with Crippen LogP contribution in [0.1, 0.15) is 11.1 Å². The molecule has 1 saturated heterocycles. The van der Waals surface area contributed by atoms with Crippen molar-refractivity contribution in [3.05, 3.63) is 35.1 Å². The largest absolute Gasteiger partial charge is 0.297 e. The Balaban J connectivity index is 2.06. The highest BCUT2D eigenvalue weighted by Gasteiger charge is 2.15. The smallest absolute Gasteiger partial charge is 0.124 e. The third kappa shape index (κ3) is 3.35. The minimum absolute atomic E-state index is 0.348. The van der Waals surface area contributed by atoms with E-state index in [-0.39, 0.29) is 5.82 Å². The van der Waals surface area contributed by atoms with Crippen LogP contribution in [0.15, 0.2) is 18.2 Å². The molecular formula is C12H13FN2OS. The third-order valence-corrected chi connectivity index (χ3v) is 4.04. The lowest BCUT2D eigenvalue weighted by atomic mass is 10.1. The Morgan fingerprint density at radius 1 is 1.35 bits per heavy atom. The van der Waals surface area contributed by atoms with E-state index in [0.29, 0.717) is 23.6 Å². The summed E-state index contributed by atoms with van der Waals surface area (Å²) in [6.45, 7) is 2.15. The van der Waals surface area contributed by atoms with E-state index in [1.165, 1.54) is 12.1 Å². The molecule has 1 heterocycles. The molecule has 17 heavy (non-hydrogen) atoms. The van der Waals surface area contributed by atoms with Crippen LogP contribution in [-0.2, 0) is 17.3 Å². The molecular weight excluding hydrogens is 239 g/mol. The SMILES string of the molecule is N#Cc1cc(F)cc(CN2CCS(=O)CC2)c1. The van der Waals surface area contributed by atoms with Crippen LogP contribution in [0.25, 0.3) is 0 Å². The van der Waals surface area contributed by atoms with E-state index in [1.807, 2.05) is 6.07 Å². The molecule has 0 unspecified atom stereocenters. The van der Waals surface area contributed by atoms with Crippen LogP contribution in [-0.4, -0.2) is 33.7 Å². The standard InChI is InChI=1S/C12H13FN2OS/c13-12-6-10(8-14)5-11(7-12)9-15-1-3-17(16)4-2-15/h5-7H,1-4,9H2. The highest BCUT2D eigenvalue weighted by Crippen LogP contribution is 2.12. The first kappa shape index (κ1) is 12.2. The van der Waals surface area contributed by atoms with E-state index < -0.39 is 10.8 Å². The van der Waals surface area contributed by atoms with Crippen LogP contribution in [0.3, 0.4) is 0 Å². The van der Waals surface area contributed by atoms with Crippen molar-refractivity contribution in [3.63, 3.8) is 0 Å². The van der Waals surface area contributed by atoms with Gasteiger partial charge in [-0.2, -0.15) is 5.26 Å². The molecule has 0 radical (unpaired) electrons. The van der Waals surface area contributed by atoms with Gasteiger partial charge < -0.3 is 0 Å². The molecule has 1 aliphatic heterocycles. The zero-order valence-electron chi connectivity index (χ0n) is 9.36. The fourth-order valence-corrected chi connectivity index (χ4v) is 3.03. The summed E-state index contributed by atoms with van der Waals surface area (Å²) in [5, 5.41) is 8.76. The minimum atomic E-state index is -0.697. The second-order valence-electron chi connectivity index (χ2n) is 4.08. The Kier molecular flexibility index (Phi) is 3.87. The van der Waals surface area contributed by atoms with Crippen LogP contribution >= 0.6 is 0 Å². The molecule has 3 nitrogen and oxygen atoms in total. The average Bonchev–Trinajstić information content (AvgIpc) is 2.31. The number of hydrogen-bond donors (Lipinski definition) is 0. The topological polar surface area (TPSA) is 44.1 Å². The van der Waals surface area contributed by atoms with Crippen molar-refractivity contribution in [1.82, 2.24) is 4.90 Å². The molecule has 1 aromatic carbocycles. The summed E-state index contributed by atoms with van der Waals surface area (Å²) in [6.07, 6.45) is 0. The van der Waals surface area contributed by atoms with Gasteiger partial charge in [0.2, 0.25) is 0 Å². The predicted molar refractivity (Wildman–Crippen MR) is 64.3 cm³/mol. The number of nitriles is 1. The van der Waals surface area contributed by atoms with Gasteiger partial charge in [-0.25, -0.2) is 4.39 Å². The Morgan fingerprint density at radius 2 is 2.06 bits per heavy atom. The summed E-state index contributed by atoms with van der Waals surface area (Å²) in [4.78, 5) is 2.14. The molecule has 0 amide bonds. The van der Waals surface area contributed by atoms with E-state index in [2.05, 4.69) is 4.90 Å². The summed E-state index contributed by atoms with van der Waals surface area (Å²) in [5.41, 5.74) is 1.15. The van der Waals surface area contributed by atoms with Gasteiger partial charge >= 0.3 is 0 Å². The number of nitrogens with zero attached hydrogens (tertiary/aromatic N) is 2.